The fraction of sp³-hybridized carbons (Fsp3) is 0.316. The van der Waals surface area contributed by atoms with Crippen LogP contribution in [0.5, 0.6) is 11.6 Å². The molecule has 2 N–H and O–H groups in total. The molecule has 0 saturated carbocycles. The summed E-state index contributed by atoms with van der Waals surface area (Å²) < 4.78 is 10.4. The first-order chi connectivity index (χ1) is 13.1. The predicted molar refractivity (Wildman–Crippen MR) is 106 cm³/mol. The van der Waals surface area contributed by atoms with E-state index in [-0.39, 0.29) is 18.4 Å². The number of para-hydroxylation sites is 1. The zero-order valence-corrected chi connectivity index (χ0v) is 16.1. The summed E-state index contributed by atoms with van der Waals surface area (Å²) in [7, 11) is 1.52. The highest BCUT2D eigenvalue weighted by atomic mass is 32.2. The van der Waals surface area contributed by atoms with Crippen molar-refractivity contribution in [2.45, 2.75) is 12.5 Å². The molecule has 1 unspecified atom stereocenters. The number of nitrogens with zero attached hydrogens (tertiary/aromatic N) is 1. The standard InChI is InChI=1S/C19H23N3O4S/c1-25-18-9-8-14(12-20-18)21-19(24)16(10-11-27-2)22-17(23)13-26-15-6-4-3-5-7-15/h3-9,12,16H,10-11,13H2,1-2H3,(H,21,24)(H,22,23). The van der Waals surface area contributed by atoms with Gasteiger partial charge in [0, 0.05) is 6.07 Å². The van der Waals surface area contributed by atoms with Gasteiger partial charge in [0.05, 0.1) is 19.0 Å². The van der Waals surface area contributed by atoms with Crippen LogP contribution in [0.3, 0.4) is 0 Å². The Bertz CT molecular complexity index is 725. The molecule has 0 bridgehead atoms. The van der Waals surface area contributed by atoms with Gasteiger partial charge in [-0.3, -0.25) is 9.59 Å². The summed E-state index contributed by atoms with van der Waals surface area (Å²) in [6, 6.07) is 11.7. The molecule has 2 amide bonds. The summed E-state index contributed by atoms with van der Waals surface area (Å²) in [5.74, 6) is 1.14. The van der Waals surface area contributed by atoms with E-state index in [0.717, 1.165) is 5.75 Å². The minimum atomic E-state index is -0.661. The molecule has 0 saturated heterocycles. The number of aromatic nitrogens is 1. The molecular formula is C19H23N3O4S. The van der Waals surface area contributed by atoms with E-state index in [4.69, 9.17) is 9.47 Å². The van der Waals surface area contributed by atoms with Crippen LogP contribution in [-0.2, 0) is 9.59 Å². The van der Waals surface area contributed by atoms with Crippen LogP contribution < -0.4 is 20.1 Å². The second-order valence-electron chi connectivity index (χ2n) is 5.58. The van der Waals surface area contributed by atoms with Crippen LogP contribution in [0.15, 0.2) is 48.7 Å². The number of carbonyl (C=O) groups is 2. The molecule has 144 valence electrons. The molecule has 0 radical (unpaired) electrons. The third-order valence-corrected chi connectivity index (χ3v) is 4.23. The van der Waals surface area contributed by atoms with E-state index in [9.17, 15) is 9.59 Å². The van der Waals surface area contributed by atoms with Crippen molar-refractivity contribution in [3.63, 3.8) is 0 Å². The smallest absolute Gasteiger partial charge is 0.258 e. The molecule has 27 heavy (non-hydrogen) atoms. The lowest BCUT2D eigenvalue weighted by Gasteiger charge is -2.18. The number of amides is 2. The van der Waals surface area contributed by atoms with Gasteiger partial charge in [0.1, 0.15) is 11.8 Å². The largest absolute Gasteiger partial charge is 0.484 e. The van der Waals surface area contributed by atoms with Crippen LogP contribution in [0.25, 0.3) is 0 Å². The molecule has 0 fully saturated rings. The summed E-state index contributed by atoms with van der Waals surface area (Å²) in [5, 5.41) is 5.49. The van der Waals surface area contributed by atoms with Crippen molar-refractivity contribution in [1.82, 2.24) is 10.3 Å². The predicted octanol–water partition coefficient (Wildman–Crippen LogP) is 2.35. The van der Waals surface area contributed by atoms with Gasteiger partial charge in [0.2, 0.25) is 11.8 Å². The Morgan fingerprint density at radius 3 is 2.59 bits per heavy atom. The molecule has 1 aromatic heterocycles. The summed E-state index contributed by atoms with van der Waals surface area (Å²) in [6.45, 7) is -0.156. The molecule has 7 nitrogen and oxygen atoms in total. The lowest BCUT2D eigenvalue weighted by molar-refractivity contribution is -0.127. The quantitative estimate of drug-likeness (QED) is 0.648. The number of carbonyl (C=O) groups excluding carboxylic acids is 2. The number of anilines is 1. The summed E-state index contributed by atoms with van der Waals surface area (Å²) >= 11 is 1.60. The van der Waals surface area contributed by atoms with Crippen molar-refractivity contribution >= 4 is 29.3 Å². The van der Waals surface area contributed by atoms with Gasteiger partial charge in [-0.05, 0) is 36.6 Å². The highest BCUT2D eigenvalue weighted by Gasteiger charge is 2.21. The third-order valence-electron chi connectivity index (χ3n) is 3.59. The lowest BCUT2D eigenvalue weighted by atomic mass is 10.2. The van der Waals surface area contributed by atoms with Crippen LogP contribution >= 0.6 is 11.8 Å². The fourth-order valence-electron chi connectivity index (χ4n) is 2.21. The molecule has 0 spiro atoms. The number of hydrogen-bond donors (Lipinski definition) is 2. The molecule has 1 aromatic carbocycles. The second kappa shape index (κ2) is 11.1. The maximum atomic E-state index is 12.5. The van der Waals surface area contributed by atoms with Crippen molar-refractivity contribution in [2.24, 2.45) is 0 Å². The third kappa shape index (κ3) is 7.18. The highest BCUT2D eigenvalue weighted by molar-refractivity contribution is 7.98. The Kier molecular flexibility index (Phi) is 8.44. The number of methoxy groups -OCH3 is 1. The average Bonchev–Trinajstić information content (AvgIpc) is 2.70. The van der Waals surface area contributed by atoms with E-state index < -0.39 is 6.04 Å². The van der Waals surface area contributed by atoms with Crippen molar-refractivity contribution in [1.29, 1.82) is 0 Å². The van der Waals surface area contributed by atoms with Crippen LogP contribution in [0.2, 0.25) is 0 Å². The minimum Gasteiger partial charge on any atom is -0.484 e. The van der Waals surface area contributed by atoms with E-state index >= 15 is 0 Å². The molecular weight excluding hydrogens is 366 g/mol. The normalized spacial score (nSPS) is 11.3. The van der Waals surface area contributed by atoms with E-state index in [1.165, 1.54) is 13.3 Å². The first kappa shape index (κ1) is 20.6. The van der Waals surface area contributed by atoms with Crippen molar-refractivity contribution in [3.8, 4) is 11.6 Å². The Morgan fingerprint density at radius 1 is 1.19 bits per heavy atom. The van der Waals surface area contributed by atoms with Crippen molar-refractivity contribution in [2.75, 3.05) is 31.0 Å². The second-order valence-corrected chi connectivity index (χ2v) is 6.57. The number of hydrogen-bond acceptors (Lipinski definition) is 6. The monoisotopic (exact) mass is 389 g/mol. The molecule has 2 rings (SSSR count). The topological polar surface area (TPSA) is 89.6 Å². The molecule has 8 heteroatoms. The lowest BCUT2D eigenvalue weighted by Crippen LogP contribution is -2.45. The summed E-state index contributed by atoms with van der Waals surface area (Å²) in [6.07, 6.45) is 3.96. The molecule has 1 heterocycles. The van der Waals surface area contributed by atoms with Gasteiger partial charge in [-0.15, -0.1) is 0 Å². The number of pyridine rings is 1. The maximum Gasteiger partial charge on any atom is 0.258 e. The molecule has 2 aromatic rings. The number of ether oxygens (including phenoxy) is 2. The molecule has 0 aliphatic heterocycles. The van der Waals surface area contributed by atoms with Crippen LogP contribution in [0.4, 0.5) is 5.69 Å². The van der Waals surface area contributed by atoms with Gasteiger partial charge >= 0.3 is 0 Å². The summed E-state index contributed by atoms with van der Waals surface area (Å²) in [4.78, 5) is 28.8. The number of rotatable bonds is 10. The van der Waals surface area contributed by atoms with Crippen molar-refractivity contribution in [3.05, 3.63) is 48.7 Å². The van der Waals surface area contributed by atoms with Crippen LogP contribution in [0.1, 0.15) is 6.42 Å². The van der Waals surface area contributed by atoms with Gasteiger partial charge in [-0.1, -0.05) is 18.2 Å². The molecule has 0 aliphatic rings. The van der Waals surface area contributed by atoms with E-state index in [1.807, 2.05) is 24.5 Å². The van der Waals surface area contributed by atoms with Gasteiger partial charge in [-0.25, -0.2) is 4.98 Å². The van der Waals surface area contributed by atoms with E-state index in [1.54, 1.807) is 36.0 Å². The number of benzene rings is 1. The average molecular weight is 389 g/mol. The zero-order valence-electron chi connectivity index (χ0n) is 15.3. The highest BCUT2D eigenvalue weighted by Crippen LogP contribution is 2.12. The van der Waals surface area contributed by atoms with Gasteiger partial charge in [-0.2, -0.15) is 11.8 Å². The number of thioether (sulfide) groups is 1. The van der Waals surface area contributed by atoms with Crippen LogP contribution in [-0.4, -0.2) is 48.6 Å². The van der Waals surface area contributed by atoms with E-state index in [2.05, 4.69) is 15.6 Å². The zero-order chi connectivity index (χ0) is 19.5. The Balaban J connectivity index is 1.91. The first-order valence-electron chi connectivity index (χ1n) is 8.39. The fourth-order valence-corrected chi connectivity index (χ4v) is 2.68. The Morgan fingerprint density at radius 2 is 1.96 bits per heavy atom. The Labute approximate surface area is 162 Å². The van der Waals surface area contributed by atoms with E-state index in [0.29, 0.717) is 23.7 Å². The first-order valence-corrected chi connectivity index (χ1v) is 9.79. The van der Waals surface area contributed by atoms with Gasteiger partial charge < -0.3 is 20.1 Å². The minimum absolute atomic E-state index is 0.156. The SMILES string of the molecule is COc1ccc(NC(=O)C(CCSC)NC(=O)COc2ccccc2)cn1. The maximum absolute atomic E-state index is 12.5. The van der Waals surface area contributed by atoms with Crippen molar-refractivity contribution < 1.29 is 19.1 Å². The van der Waals surface area contributed by atoms with Crippen LogP contribution in [0, 0.1) is 0 Å². The number of nitrogens with one attached hydrogen (secondary N) is 2. The molecule has 1 atom stereocenters. The summed E-state index contributed by atoms with van der Waals surface area (Å²) in [5.41, 5.74) is 0.532. The van der Waals surface area contributed by atoms with Gasteiger partial charge in [0.25, 0.3) is 5.91 Å². The molecule has 0 aliphatic carbocycles. The van der Waals surface area contributed by atoms with Gasteiger partial charge in [0.15, 0.2) is 6.61 Å². The Hall–Kier alpha value is -2.74.